The Kier molecular flexibility index (Phi) is 7.10. The molecule has 1 N–H and O–H groups in total. The molecule has 2 saturated heterocycles. The zero-order valence-corrected chi connectivity index (χ0v) is 16.6. The lowest BCUT2D eigenvalue weighted by Crippen LogP contribution is -2.57. The van der Waals surface area contributed by atoms with Crippen LogP contribution in [0.15, 0.2) is 0 Å². The molecule has 1 aliphatic carbocycles. The van der Waals surface area contributed by atoms with Crippen LogP contribution in [0.4, 0.5) is 0 Å². The van der Waals surface area contributed by atoms with Crippen LogP contribution >= 0.6 is 0 Å². The Morgan fingerprint density at radius 1 is 0.963 bits per heavy atom. The minimum atomic E-state index is -0.347. The molecule has 0 aromatic carbocycles. The summed E-state index contributed by atoms with van der Waals surface area (Å²) in [5.74, 6) is 0.751. The van der Waals surface area contributed by atoms with Gasteiger partial charge in [-0.05, 0) is 25.2 Å². The summed E-state index contributed by atoms with van der Waals surface area (Å²) in [4.78, 5) is 42.9. The highest BCUT2D eigenvalue weighted by atomic mass is 16.2. The molecule has 3 aliphatic rings. The largest absolute Gasteiger partial charge is 0.353 e. The van der Waals surface area contributed by atoms with Gasteiger partial charge in [-0.1, -0.05) is 19.3 Å². The summed E-state index contributed by atoms with van der Waals surface area (Å²) in [6, 6.07) is -0.347. The van der Waals surface area contributed by atoms with Crippen LogP contribution in [0.25, 0.3) is 0 Å². The molecule has 7 nitrogen and oxygen atoms in total. The molecule has 152 valence electrons. The van der Waals surface area contributed by atoms with Crippen LogP contribution in [0, 0.1) is 5.92 Å². The second kappa shape index (κ2) is 9.53. The maximum Gasteiger partial charge on any atom is 0.237 e. The maximum absolute atomic E-state index is 12.9. The molecule has 0 bridgehead atoms. The van der Waals surface area contributed by atoms with Crippen molar-refractivity contribution < 1.29 is 14.4 Å². The lowest BCUT2D eigenvalue weighted by atomic mass is 9.88. The van der Waals surface area contributed by atoms with Gasteiger partial charge in [0.05, 0.1) is 12.5 Å². The zero-order valence-electron chi connectivity index (χ0n) is 16.6. The van der Waals surface area contributed by atoms with Crippen molar-refractivity contribution in [1.29, 1.82) is 0 Å². The highest BCUT2D eigenvalue weighted by molar-refractivity contribution is 5.89. The van der Waals surface area contributed by atoms with Gasteiger partial charge >= 0.3 is 0 Å². The van der Waals surface area contributed by atoms with E-state index < -0.39 is 0 Å². The predicted octanol–water partition coefficient (Wildman–Crippen LogP) is 0.838. The summed E-state index contributed by atoms with van der Waals surface area (Å²) in [5, 5.41) is 2.94. The van der Waals surface area contributed by atoms with Crippen LogP contribution in [0.3, 0.4) is 0 Å². The van der Waals surface area contributed by atoms with Crippen LogP contribution in [0.5, 0.6) is 0 Å². The smallest absolute Gasteiger partial charge is 0.237 e. The number of rotatable bonds is 4. The Balaban J connectivity index is 1.57. The van der Waals surface area contributed by atoms with E-state index in [-0.39, 0.29) is 30.2 Å². The third-order valence-electron chi connectivity index (χ3n) is 6.32. The van der Waals surface area contributed by atoms with E-state index in [4.69, 9.17) is 0 Å². The van der Waals surface area contributed by atoms with Crippen molar-refractivity contribution in [2.75, 3.05) is 45.8 Å². The fourth-order valence-electron chi connectivity index (χ4n) is 4.68. The molecule has 3 rings (SSSR count). The number of piperazine rings is 1. The van der Waals surface area contributed by atoms with Crippen LogP contribution < -0.4 is 5.32 Å². The standard InChI is InChI=1S/C20H34N4O3/c1-16(25)22-9-5-10-23(13-12-22)19(26)14-18-20(27)21-8-11-24(18)15-17-6-3-2-4-7-17/h17-18H,2-15H2,1H3,(H,21,27). The second-order valence-electron chi connectivity index (χ2n) is 8.25. The number of nitrogens with one attached hydrogen (secondary N) is 1. The van der Waals surface area contributed by atoms with Gasteiger partial charge in [-0.25, -0.2) is 0 Å². The quantitative estimate of drug-likeness (QED) is 0.787. The van der Waals surface area contributed by atoms with Gasteiger partial charge in [0.2, 0.25) is 17.7 Å². The van der Waals surface area contributed by atoms with E-state index in [1.807, 2.05) is 4.90 Å². The third-order valence-corrected chi connectivity index (χ3v) is 6.32. The normalized spacial score (nSPS) is 25.8. The van der Waals surface area contributed by atoms with Crippen molar-refractivity contribution in [3.8, 4) is 0 Å². The summed E-state index contributed by atoms with van der Waals surface area (Å²) in [5.41, 5.74) is 0. The number of nitrogens with zero attached hydrogens (tertiary/aromatic N) is 3. The summed E-state index contributed by atoms with van der Waals surface area (Å²) in [6.45, 7) is 6.54. The van der Waals surface area contributed by atoms with Crippen LogP contribution in [-0.2, 0) is 14.4 Å². The van der Waals surface area contributed by atoms with Crippen molar-refractivity contribution in [2.45, 2.75) is 57.9 Å². The predicted molar refractivity (Wildman–Crippen MR) is 103 cm³/mol. The Morgan fingerprint density at radius 3 is 2.41 bits per heavy atom. The van der Waals surface area contributed by atoms with Crippen molar-refractivity contribution in [2.24, 2.45) is 5.92 Å². The van der Waals surface area contributed by atoms with Crippen LogP contribution in [0.1, 0.15) is 51.9 Å². The van der Waals surface area contributed by atoms with Gasteiger partial charge in [0, 0.05) is 52.7 Å². The molecule has 7 heteroatoms. The van der Waals surface area contributed by atoms with Gasteiger partial charge in [-0.3, -0.25) is 19.3 Å². The fraction of sp³-hybridized carbons (Fsp3) is 0.850. The van der Waals surface area contributed by atoms with Crippen LogP contribution in [0.2, 0.25) is 0 Å². The molecule has 1 saturated carbocycles. The first kappa shape index (κ1) is 20.1. The number of amides is 3. The van der Waals surface area contributed by atoms with E-state index in [2.05, 4.69) is 10.2 Å². The molecule has 0 aromatic heterocycles. The van der Waals surface area contributed by atoms with E-state index in [1.54, 1.807) is 11.8 Å². The van der Waals surface area contributed by atoms with Gasteiger partial charge in [0.15, 0.2) is 0 Å². The SMILES string of the molecule is CC(=O)N1CCCN(C(=O)CC2C(=O)NCCN2CC2CCCCC2)CC1. The van der Waals surface area contributed by atoms with E-state index >= 15 is 0 Å². The Morgan fingerprint density at radius 2 is 1.67 bits per heavy atom. The number of hydrogen-bond acceptors (Lipinski definition) is 4. The molecule has 2 heterocycles. The van der Waals surface area contributed by atoms with E-state index in [1.165, 1.54) is 32.1 Å². The van der Waals surface area contributed by atoms with Crippen molar-refractivity contribution >= 4 is 17.7 Å². The average Bonchev–Trinajstić information content (AvgIpc) is 2.92. The number of carbonyl (C=O) groups is 3. The van der Waals surface area contributed by atoms with Crippen molar-refractivity contribution in [3.05, 3.63) is 0 Å². The van der Waals surface area contributed by atoms with Gasteiger partial charge < -0.3 is 15.1 Å². The Bertz CT molecular complexity index is 547. The molecule has 1 unspecified atom stereocenters. The van der Waals surface area contributed by atoms with Gasteiger partial charge in [0.1, 0.15) is 0 Å². The van der Waals surface area contributed by atoms with Gasteiger partial charge in [0.25, 0.3) is 0 Å². The molecule has 1 atom stereocenters. The number of carbonyl (C=O) groups excluding carboxylic acids is 3. The topological polar surface area (TPSA) is 73.0 Å². The first-order valence-corrected chi connectivity index (χ1v) is 10.6. The molecule has 2 aliphatic heterocycles. The molecule has 27 heavy (non-hydrogen) atoms. The molecule has 3 amide bonds. The fourth-order valence-corrected chi connectivity index (χ4v) is 4.68. The lowest BCUT2D eigenvalue weighted by Gasteiger charge is -2.38. The molecular weight excluding hydrogens is 344 g/mol. The van der Waals surface area contributed by atoms with Crippen LogP contribution in [-0.4, -0.2) is 84.3 Å². The summed E-state index contributed by atoms with van der Waals surface area (Å²) in [7, 11) is 0. The lowest BCUT2D eigenvalue weighted by molar-refractivity contribution is -0.139. The van der Waals surface area contributed by atoms with Gasteiger partial charge in [-0.15, -0.1) is 0 Å². The maximum atomic E-state index is 12.9. The number of hydrogen-bond donors (Lipinski definition) is 1. The van der Waals surface area contributed by atoms with Gasteiger partial charge in [-0.2, -0.15) is 0 Å². The monoisotopic (exact) mass is 378 g/mol. The minimum Gasteiger partial charge on any atom is -0.353 e. The third kappa shape index (κ3) is 5.43. The second-order valence-corrected chi connectivity index (χ2v) is 8.25. The summed E-state index contributed by atoms with van der Waals surface area (Å²) in [6.07, 6.45) is 7.43. The molecular formula is C20H34N4O3. The van der Waals surface area contributed by atoms with E-state index in [0.717, 1.165) is 19.5 Å². The minimum absolute atomic E-state index is 0.00871. The summed E-state index contributed by atoms with van der Waals surface area (Å²) < 4.78 is 0. The first-order chi connectivity index (χ1) is 13.0. The first-order valence-electron chi connectivity index (χ1n) is 10.6. The van der Waals surface area contributed by atoms with E-state index in [0.29, 0.717) is 38.6 Å². The Labute approximate surface area is 162 Å². The molecule has 0 radical (unpaired) electrons. The average molecular weight is 379 g/mol. The molecule has 0 aromatic rings. The molecule has 0 spiro atoms. The van der Waals surface area contributed by atoms with E-state index in [9.17, 15) is 14.4 Å². The summed E-state index contributed by atoms with van der Waals surface area (Å²) >= 11 is 0. The van der Waals surface area contributed by atoms with Crippen molar-refractivity contribution in [1.82, 2.24) is 20.0 Å². The Hall–Kier alpha value is -1.63. The zero-order chi connectivity index (χ0) is 19.2. The highest BCUT2D eigenvalue weighted by Gasteiger charge is 2.34. The van der Waals surface area contributed by atoms with Crippen molar-refractivity contribution in [3.63, 3.8) is 0 Å². The molecule has 3 fully saturated rings. The highest BCUT2D eigenvalue weighted by Crippen LogP contribution is 2.26.